The van der Waals surface area contributed by atoms with Crippen molar-refractivity contribution in [3.05, 3.63) is 42.2 Å². The van der Waals surface area contributed by atoms with Gasteiger partial charge in [-0.15, -0.1) is 0 Å². The van der Waals surface area contributed by atoms with E-state index >= 15 is 0 Å². The van der Waals surface area contributed by atoms with Crippen LogP contribution >= 0.6 is 0 Å². The van der Waals surface area contributed by atoms with Gasteiger partial charge in [0.05, 0.1) is 6.20 Å². The number of nitrogens with two attached hydrogens (primary N) is 1. The Morgan fingerprint density at radius 3 is 2.52 bits per heavy atom. The van der Waals surface area contributed by atoms with Crippen molar-refractivity contribution in [1.29, 1.82) is 0 Å². The Kier molecular flexibility index (Phi) is 4.81. The van der Waals surface area contributed by atoms with Crippen LogP contribution in [0.15, 0.2) is 36.7 Å². The van der Waals surface area contributed by atoms with Crippen LogP contribution in [-0.4, -0.2) is 39.5 Å². The van der Waals surface area contributed by atoms with Crippen molar-refractivity contribution in [2.24, 2.45) is 11.7 Å². The summed E-state index contributed by atoms with van der Waals surface area (Å²) in [6, 6.07) is 8.21. The zero-order chi connectivity index (χ0) is 18.0. The number of rotatable bonds is 4. The average molecular weight is 342 g/mol. The highest BCUT2D eigenvalue weighted by molar-refractivity contribution is 5.69. The third-order valence-corrected chi connectivity index (χ3v) is 4.21. The van der Waals surface area contributed by atoms with Crippen LogP contribution in [-0.2, 0) is 17.8 Å². The van der Waals surface area contributed by atoms with Gasteiger partial charge < -0.3 is 15.4 Å². The molecule has 0 radical (unpaired) electrons. The van der Waals surface area contributed by atoms with Crippen molar-refractivity contribution >= 4 is 6.09 Å². The number of hydrogen-bond donors (Lipinski definition) is 1. The predicted octanol–water partition coefficient (Wildman–Crippen LogP) is 2.88. The molecule has 1 aliphatic rings. The Hall–Kier alpha value is -2.34. The molecule has 0 aliphatic carbocycles. The molecular weight excluding hydrogens is 316 g/mol. The molecule has 2 heterocycles. The van der Waals surface area contributed by atoms with Gasteiger partial charge in [-0.1, -0.05) is 24.3 Å². The molecule has 1 fully saturated rings. The molecular formula is C19H26N4O2. The van der Waals surface area contributed by atoms with Crippen LogP contribution in [0, 0.1) is 5.92 Å². The summed E-state index contributed by atoms with van der Waals surface area (Å²) in [6.45, 7) is 8.44. The number of likely N-dealkylation sites (tertiary alicyclic amines) is 1. The minimum atomic E-state index is -0.446. The maximum atomic E-state index is 12.0. The lowest BCUT2D eigenvalue weighted by Crippen LogP contribution is -2.52. The molecule has 6 nitrogen and oxygen atoms in total. The average Bonchev–Trinajstić information content (AvgIpc) is 2.97. The van der Waals surface area contributed by atoms with Gasteiger partial charge >= 0.3 is 6.09 Å². The highest BCUT2D eigenvalue weighted by atomic mass is 16.6. The van der Waals surface area contributed by atoms with Gasteiger partial charge in [0.25, 0.3) is 0 Å². The third-order valence-electron chi connectivity index (χ3n) is 4.21. The smallest absolute Gasteiger partial charge is 0.410 e. The van der Waals surface area contributed by atoms with Crippen molar-refractivity contribution in [3.8, 4) is 11.1 Å². The van der Waals surface area contributed by atoms with Crippen LogP contribution in [0.1, 0.15) is 26.3 Å². The molecule has 0 saturated carbocycles. The van der Waals surface area contributed by atoms with E-state index in [0.717, 1.165) is 36.3 Å². The van der Waals surface area contributed by atoms with Gasteiger partial charge in [0, 0.05) is 43.9 Å². The summed E-state index contributed by atoms with van der Waals surface area (Å²) < 4.78 is 7.32. The fourth-order valence-corrected chi connectivity index (χ4v) is 2.87. The van der Waals surface area contributed by atoms with Gasteiger partial charge in [-0.25, -0.2) is 4.79 Å². The van der Waals surface area contributed by atoms with E-state index in [0.29, 0.717) is 12.5 Å². The predicted molar refractivity (Wildman–Crippen MR) is 96.9 cm³/mol. The van der Waals surface area contributed by atoms with E-state index in [9.17, 15) is 4.79 Å². The van der Waals surface area contributed by atoms with Gasteiger partial charge in [0.15, 0.2) is 0 Å². The number of nitrogens with zero attached hydrogens (tertiary/aromatic N) is 3. The molecule has 0 atom stereocenters. The van der Waals surface area contributed by atoms with E-state index in [4.69, 9.17) is 10.5 Å². The number of aromatic nitrogens is 2. The summed E-state index contributed by atoms with van der Waals surface area (Å²) in [5.41, 5.74) is 8.53. The zero-order valence-corrected chi connectivity index (χ0v) is 15.1. The molecule has 1 saturated heterocycles. The second-order valence-electron chi connectivity index (χ2n) is 7.60. The second kappa shape index (κ2) is 6.88. The SMILES string of the molecule is CC(C)(C)OC(=O)N1CC(Cn2cc(-c3ccc(CN)cc3)cn2)C1. The summed E-state index contributed by atoms with van der Waals surface area (Å²) >= 11 is 0. The van der Waals surface area contributed by atoms with Gasteiger partial charge in [0.2, 0.25) is 0 Å². The fraction of sp³-hybridized carbons (Fsp3) is 0.474. The topological polar surface area (TPSA) is 73.4 Å². The van der Waals surface area contributed by atoms with E-state index in [2.05, 4.69) is 17.2 Å². The molecule has 1 aromatic carbocycles. The van der Waals surface area contributed by atoms with Crippen LogP contribution in [0.4, 0.5) is 4.79 Å². The van der Waals surface area contributed by atoms with Gasteiger partial charge in [-0.05, 0) is 31.9 Å². The lowest BCUT2D eigenvalue weighted by Gasteiger charge is -2.39. The third kappa shape index (κ3) is 4.39. The minimum absolute atomic E-state index is 0.232. The molecule has 0 bridgehead atoms. The molecule has 0 spiro atoms. The molecule has 1 amide bonds. The first kappa shape index (κ1) is 17.5. The number of amides is 1. The quantitative estimate of drug-likeness (QED) is 0.927. The number of carbonyl (C=O) groups excluding carboxylic acids is 1. The van der Waals surface area contributed by atoms with Gasteiger partial charge in [-0.2, -0.15) is 5.10 Å². The number of ether oxygens (including phenoxy) is 1. The van der Waals surface area contributed by atoms with E-state index in [1.807, 2.05) is 50.0 Å². The van der Waals surface area contributed by atoms with Crippen molar-refractivity contribution in [2.75, 3.05) is 13.1 Å². The summed E-state index contributed by atoms with van der Waals surface area (Å²) in [5, 5.41) is 4.44. The lowest BCUT2D eigenvalue weighted by molar-refractivity contribution is -0.00383. The lowest BCUT2D eigenvalue weighted by atomic mass is 10.0. The van der Waals surface area contributed by atoms with Crippen molar-refractivity contribution in [3.63, 3.8) is 0 Å². The highest BCUT2D eigenvalue weighted by Gasteiger charge is 2.33. The standard InChI is InChI=1S/C19H26N4O2/c1-19(2,3)25-18(24)22-10-15(11-22)12-23-13-17(9-21-23)16-6-4-14(8-20)5-7-16/h4-7,9,13,15H,8,10-12,20H2,1-3H3. The van der Waals surface area contributed by atoms with Crippen LogP contribution in [0.5, 0.6) is 0 Å². The Bertz CT molecular complexity index is 725. The van der Waals surface area contributed by atoms with Gasteiger partial charge in [0.1, 0.15) is 5.60 Å². The molecule has 134 valence electrons. The Labute approximate surface area is 148 Å². The van der Waals surface area contributed by atoms with Crippen LogP contribution in [0.3, 0.4) is 0 Å². The second-order valence-corrected chi connectivity index (χ2v) is 7.60. The monoisotopic (exact) mass is 342 g/mol. The number of benzene rings is 1. The normalized spacial score (nSPS) is 15.1. The Morgan fingerprint density at radius 1 is 1.24 bits per heavy atom. The molecule has 2 aromatic rings. The molecule has 3 rings (SSSR count). The van der Waals surface area contributed by atoms with E-state index in [1.54, 1.807) is 4.90 Å². The summed E-state index contributed by atoms with van der Waals surface area (Å²) in [4.78, 5) is 13.7. The van der Waals surface area contributed by atoms with Crippen LogP contribution in [0.2, 0.25) is 0 Å². The molecule has 1 aliphatic heterocycles. The highest BCUT2D eigenvalue weighted by Crippen LogP contribution is 2.23. The first-order valence-electron chi connectivity index (χ1n) is 8.64. The first-order valence-corrected chi connectivity index (χ1v) is 8.64. The fourth-order valence-electron chi connectivity index (χ4n) is 2.87. The molecule has 25 heavy (non-hydrogen) atoms. The first-order chi connectivity index (χ1) is 11.8. The Morgan fingerprint density at radius 2 is 1.92 bits per heavy atom. The van der Waals surface area contributed by atoms with Crippen LogP contribution in [0.25, 0.3) is 11.1 Å². The maximum absolute atomic E-state index is 12.0. The molecule has 2 N–H and O–H groups in total. The number of hydrogen-bond acceptors (Lipinski definition) is 4. The van der Waals surface area contributed by atoms with E-state index in [-0.39, 0.29) is 6.09 Å². The molecule has 6 heteroatoms. The molecule has 1 aromatic heterocycles. The van der Waals surface area contributed by atoms with E-state index < -0.39 is 5.60 Å². The van der Waals surface area contributed by atoms with Crippen molar-refractivity contribution in [1.82, 2.24) is 14.7 Å². The van der Waals surface area contributed by atoms with Crippen molar-refractivity contribution < 1.29 is 9.53 Å². The summed E-state index contributed by atoms with van der Waals surface area (Å²) in [6.07, 6.45) is 3.69. The van der Waals surface area contributed by atoms with E-state index in [1.165, 1.54) is 0 Å². The van der Waals surface area contributed by atoms with Crippen LogP contribution < -0.4 is 5.73 Å². The zero-order valence-electron chi connectivity index (χ0n) is 15.1. The number of carbonyl (C=O) groups is 1. The Balaban J connectivity index is 1.52. The van der Waals surface area contributed by atoms with Crippen molar-refractivity contribution in [2.45, 2.75) is 39.5 Å². The minimum Gasteiger partial charge on any atom is -0.444 e. The maximum Gasteiger partial charge on any atom is 0.410 e. The largest absolute Gasteiger partial charge is 0.444 e. The molecule has 0 unspecified atom stereocenters. The summed E-state index contributed by atoms with van der Waals surface area (Å²) in [5.74, 6) is 0.417. The van der Waals surface area contributed by atoms with Gasteiger partial charge in [-0.3, -0.25) is 4.68 Å². The summed E-state index contributed by atoms with van der Waals surface area (Å²) in [7, 11) is 0.